The third-order valence-corrected chi connectivity index (χ3v) is 0. The van der Waals surface area contributed by atoms with Gasteiger partial charge < -0.3 is 20.1 Å². The van der Waals surface area contributed by atoms with E-state index in [2.05, 4.69) is 0 Å². The minimum absolute atomic E-state index is 0.167. The van der Waals surface area contributed by atoms with Gasteiger partial charge >= 0.3 is 0 Å². The van der Waals surface area contributed by atoms with Crippen molar-refractivity contribution in [3.8, 4) is 0 Å². The molecule has 0 aromatic heterocycles. The number of aliphatic hydroxyl groups excluding tert-OH is 2. The zero-order chi connectivity index (χ0) is 11.9. The second-order valence-electron chi connectivity index (χ2n) is 1.74. The molecule has 0 heterocycles. The third kappa shape index (κ3) is 1030. The molecule has 0 aromatic rings. The van der Waals surface area contributed by atoms with Crippen molar-refractivity contribution in [2.24, 2.45) is 0 Å². The molecular weight excluding hydrogens is 176 g/mol. The van der Waals surface area contributed by atoms with E-state index in [9.17, 15) is 4.79 Å². The summed E-state index contributed by atoms with van der Waals surface area (Å²) in [5.41, 5.74) is 0. The van der Waals surface area contributed by atoms with Crippen molar-refractivity contribution < 1.29 is 24.9 Å². The van der Waals surface area contributed by atoms with Crippen molar-refractivity contribution in [2.75, 3.05) is 13.7 Å². The Hall–Kier alpha value is -0.940. The standard InChI is InChI=1S/C3H6O.C2H4O2.C2H6O.CH4O/c1-3(2)4;1-2(3)4;1-2-3;1-2/h1-2H3;1H3,(H,3,4);3H,2H2,1H3;2H,1H3. The molecule has 0 aromatic carbocycles. The second kappa shape index (κ2) is 30.5. The summed E-state index contributed by atoms with van der Waals surface area (Å²) in [4.78, 5) is 18.4. The van der Waals surface area contributed by atoms with Gasteiger partial charge in [0.1, 0.15) is 5.78 Å². The molecule has 0 radical (unpaired) electrons. The first-order valence-electron chi connectivity index (χ1n) is 3.60. The van der Waals surface area contributed by atoms with Crippen LogP contribution in [0.3, 0.4) is 0 Å². The summed E-state index contributed by atoms with van der Waals surface area (Å²) in [5.74, 6) is -0.667. The van der Waals surface area contributed by atoms with Crippen LogP contribution in [-0.4, -0.2) is 40.8 Å². The molecule has 3 N–H and O–H groups in total. The van der Waals surface area contributed by atoms with Crippen molar-refractivity contribution >= 4 is 11.8 Å². The smallest absolute Gasteiger partial charge is 0.300 e. The lowest BCUT2D eigenvalue weighted by atomic mass is 10.6. The topological polar surface area (TPSA) is 94.8 Å². The molecule has 0 saturated carbocycles. The van der Waals surface area contributed by atoms with Gasteiger partial charge in [-0.1, -0.05) is 0 Å². The number of carboxylic acids is 1. The molecule has 0 unspecified atom stereocenters. The van der Waals surface area contributed by atoms with E-state index >= 15 is 0 Å². The molecule has 0 saturated heterocycles. The Balaban J connectivity index is -0.0000000431. The number of hydrogen-bond donors (Lipinski definition) is 3. The Morgan fingerprint density at radius 1 is 1.08 bits per heavy atom. The van der Waals surface area contributed by atoms with Crippen LogP contribution in [0.15, 0.2) is 0 Å². The summed E-state index contributed by atoms with van der Waals surface area (Å²) in [7, 11) is 1.00. The van der Waals surface area contributed by atoms with Crippen molar-refractivity contribution in [3.05, 3.63) is 0 Å². The van der Waals surface area contributed by atoms with Gasteiger partial charge in [-0.3, -0.25) is 4.79 Å². The summed E-state index contributed by atoms with van der Waals surface area (Å²) >= 11 is 0. The molecule has 0 amide bonds. The predicted octanol–water partition coefficient (Wildman–Crippen LogP) is 0.293. The van der Waals surface area contributed by atoms with Crippen molar-refractivity contribution in [3.63, 3.8) is 0 Å². The maximum Gasteiger partial charge on any atom is 0.300 e. The molecule has 0 bridgehead atoms. The third-order valence-electron chi connectivity index (χ3n) is 0. The number of ketones is 1. The number of carbonyl (C=O) groups is 2. The lowest BCUT2D eigenvalue weighted by Gasteiger charge is -1.59. The number of aliphatic hydroxyl groups is 2. The van der Waals surface area contributed by atoms with Crippen LogP contribution in [0.25, 0.3) is 0 Å². The van der Waals surface area contributed by atoms with E-state index < -0.39 is 5.97 Å². The average Bonchev–Trinajstić information content (AvgIpc) is 1.89. The number of hydrogen-bond acceptors (Lipinski definition) is 4. The molecule has 0 atom stereocenters. The lowest BCUT2D eigenvalue weighted by Crippen LogP contribution is -1.78. The van der Waals surface area contributed by atoms with Gasteiger partial charge in [-0.15, -0.1) is 0 Å². The molecule has 0 aliphatic heterocycles. The molecule has 0 aliphatic rings. The minimum Gasteiger partial charge on any atom is -0.481 e. The van der Waals surface area contributed by atoms with Crippen LogP contribution in [-0.2, 0) is 9.59 Å². The molecule has 5 heteroatoms. The molecule has 82 valence electrons. The molecule has 0 fully saturated rings. The Morgan fingerprint density at radius 2 is 1.08 bits per heavy atom. The molecule has 0 spiro atoms. The van der Waals surface area contributed by atoms with Crippen LogP contribution in [0.5, 0.6) is 0 Å². The highest BCUT2D eigenvalue weighted by Crippen LogP contribution is 1.50. The summed E-state index contributed by atoms with van der Waals surface area (Å²) in [6, 6.07) is 0. The highest BCUT2D eigenvalue weighted by atomic mass is 16.4. The van der Waals surface area contributed by atoms with E-state index in [1.165, 1.54) is 13.8 Å². The average molecular weight is 196 g/mol. The van der Waals surface area contributed by atoms with Crippen LogP contribution >= 0.6 is 0 Å². The quantitative estimate of drug-likeness (QED) is 0.517. The SMILES string of the molecule is CC(=O)O.CC(C)=O.CCO.CO. The van der Waals surface area contributed by atoms with Gasteiger partial charge in [0, 0.05) is 20.6 Å². The highest BCUT2D eigenvalue weighted by molar-refractivity contribution is 5.72. The van der Waals surface area contributed by atoms with Crippen LogP contribution < -0.4 is 0 Å². The molecular formula is C8H20O5. The largest absolute Gasteiger partial charge is 0.481 e. The fraction of sp³-hybridized carbons (Fsp3) is 0.750. The molecule has 0 rings (SSSR count). The number of carboxylic acid groups (broad SMARTS) is 1. The maximum atomic E-state index is 9.44. The van der Waals surface area contributed by atoms with Gasteiger partial charge in [0.15, 0.2) is 0 Å². The van der Waals surface area contributed by atoms with E-state index in [1.54, 1.807) is 6.92 Å². The first kappa shape index (κ1) is 22.7. The van der Waals surface area contributed by atoms with Crippen LogP contribution in [0.2, 0.25) is 0 Å². The van der Waals surface area contributed by atoms with Gasteiger partial charge in [0.05, 0.1) is 0 Å². The summed E-state index contributed by atoms with van der Waals surface area (Å²) in [5, 5.41) is 22.0. The Labute approximate surface area is 79.0 Å². The predicted molar refractivity (Wildman–Crippen MR) is 50.6 cm³/mol. The van der Waals surface area contributed by atoms with Crippen molar-refractivity contribution in [1.29, 1.82) is 0 Å². The van der Waals surface area contributed by atoms with Crippen LogP contribution in [0, 0.1) is 0 Å². The van der Waals surface area contributed by atoms with E-state index in [-0.39, 0.29) is 12.4 Å². The van der Waals surface area contributed by atoms with Crippen LogP contribution in [0.1, 0.15) is 27.7 Å². The van der Waals surface area contributed by atoms with Gasteiger partial charge in [0.25, 0.3) is 5.97 Å². The van der Waals surface area contributed by atoms with Crippen molar-refractivity contribution in [2.45, 2.75) is 27.7 Å². The van der Waals surface area contributed by atoms with Gasteiger partial charge in [-0.05, 0) is 20.8 Å². The highest BCUT2D eigenvalue weighted by Gasteiger charge is 1.65. The van der Waals surface area contributed by atoms with Crippen molar-refractivity contribution in [1.82, 2.24) is 0 Å². The molecule has 13 heavy (non-hydrogen) atoms. The zero-order valence-corrected chi connectivity index (χ0v) is 8.87. The van der Waals surface area contributed by atoms with Gasteiger partial charge in [0.2, 0.25) is 0 Å². The summed E-state index contributed by atoms with van der Waals surface area (Å²) in [6.07, 6.45) is 0. The van der Waals surface area contributed by atoms with E-state index in [0.717, 1.165) is 14.0 Å². The molecule has 0 aliphatic carbocycles. The minimum atomic E-state index is -0.833. The second-order valence-corrected chi connectivity index (χ2v) is 1.74. The zero-order valence-electron chi connectivity index (χ0n) is 8.87. The van der Waals surface area contributed by atoms with Gasteiger partial charge in [-0.2, -0.15) is 0 Å². The normalized spacial score (nSPS) is 5.77. The van der Waals surface area contributed by atoms with E-state index in [1.807, 2.05) is 0 Å². The lowest BCUT2D eigenvalue weighted by molar-refractivity contribution is -0.134. The maximum absolute atomic E-state index is 9.44. The number of rotatable bonds is 0. The van der Waals surface area contributed by atoms with E-state index in [4.69, 9.17) is 20.1 Å². The Bertz CT molecular complexity index is 80.7. The Kier molecular flexibility index (Phi) is 53.2. The number of carbonyl (C=O) groups excluding carboxylic acids is 1. The van der Waals surface area contributed by atoms with Crippen LogP contribution in [0.4, 0.5) is 0 Å². The monoisotopic (exact) mass is 196 g/mol. The number of aliphatic carboxylic acids is 1. The summed E-state index contributed by atoms with van der Waals surface area (Å²) < 4.78 is 0. The summed E-state index contributed by atoms with van der Waals surface area (Å²) in [6.45, 7) is 6.07. The van der Waals surface area contributed by atoms with E-state index in [0.29, 0.717) is 0 Å². The molecule has 5 nitrogen and oxygen atoms in total. The fourth-order valence-electron chi connectivity index (χ4n) is 0. The first-order chi connectivity index (χ1) is 5.88. The first-order valence-corrected chi connectivity index (χ1v) is 3.60. The fourth-order valence-corrected chi connectivity index (χ4v) is 0. The Morgan fingerprint density at radius 3 is 1.08 bits per heavy atom. The number of Topliss-reactive ketones (excluding diaryl/α,β-unsaturated/α-hetero) is 1. The van der Waals surface area contributed by atoms with Gasteiger partial charge in [-0.25, -0.2) is 0 Å².